The predicted molar refractivity (Wildman–Crippen MR) is 140 cm³/mol. The molecule has 7 nitrogen and oxygen atoms in total. The van der Waals surface area contributed by atoms with Crippen molar-refractivity contribution in [2.24, 2.45) is 7.05 Å². The summed E-state index contributed by atoms with van der Waals surface area (Å²) in [5.41, 5.74) is -1.68. The second kappa shape index (κ2) is 12.0. The minimum Gasteiger partial charge on any atom is -0.473 e. The molecule has 0 radical (unpaired) electrons. The van der Waals surface area contributed by atoms with Gasteiger partial charge in [0.15, 0.2) is 17.4 Å². The molecule has 0 saturated carbocycles. The number of hydrogen-bond acceptors (Lipinski definition) is 6. The van der Waals surface area contributed by atoms with Crippen LogP contribution in [0, 0.1) is 11.6 Å². The molecule has 2 aromatic carbocycles. The van der Waals surface area contributed by atoms with Gasteiger partial charge in [0.05, 0.1) is 10.6 Å². The van der Waals surface area contributed by atoms with E-state index in [0.29, 0.717) is 17.9 Å². The number of anilines is 1. The summed E-state index contributed by atoms with van der Waals surface area (Å²) >= 11 is 5.58. The predicted octanol–water partition coefficient (Wildman–Crippen LogP) is 6.02. The van der Waals surface area contributed by atoms with Crippen LogP contribution in [-0.2, 0) is 19.8 Å². The molecule has 0 spiro atoms. The molecule has 1 aromatic heterocycles. The van der Waals surface area contributed by atoms with E-state index in [-0.39, 0.29) is 18.1 Å². The van der Waals surface area contributed by atoms with Crippen molar-refractivity contribution in [3.05, 3.63) is 74.7 Å². The molecule has 1 saturated heterocycles. The molecule has 1 aliphatic rings. The first-order valence-electron chi connectivity index (χ1n) is 12.6. The molecule has 0 bridgehead atoms. The molecule has 0 atom stereocenters. The summed E-state index contributed by atoms with van der Waals surface area (Å²) < 4.78 is 80.9. The molecule has 40 heavy (non-hydrogen) atoms. The Hall–Kier alpha value is -3.38. The summed E-state index contributed by atoms with van der Waals surface area (Å²) in [6.07, 6.45) is -2.92. The summed E-state index contributed by atoms with van der Waals surface area (Å²) in [5, 5.41) is -0.575. The molecule has 2 heterocycles. The van der Waals surface area contributed by atoms with Gasteiger partial charge in [-0.05, 0) is 62.3 Å². The highest BCUT2D eigenvalue weighted by atomic mass is 35.5. The fourth-order valence-corrected chi connectivity index (χ4v) is 4.76. The van der Waals surface area contributed by atoms with Crippen LogP contribution in [0.1, 0.15) is 30.9 Å². The Kier molecular flexibility index (Phi) is 8.89. The Morgan fingerprint density at radius 3 is 2.35 bits per heavy atom. The van der Waals surface area contributed by atoms with E-state index in [1.807, 2.05) is 0 Å². The van der Waals surface area contributed by atoms with Crippen LogP contribution in [0.5, 0.6) is 17.4 Å². The molecule has 0 amide bonds. The standard InChI is InChI=1S/C27H28ClF5N4O3/c1-4-35(2)17-7-9-37(10-8-17)24-14-23(34-26(38)36(24)3)39-15-16-11-21(29)25(22(30)12-16)40-18-5-6-20(28)19(13-18)27(31,32)33/h5-6,11-14,17H,4,7-10,15H2,1-3H3. The molecule has 1 aliphatic heterocycles. The van der Waals surface area contributed by atoms with Crippen LogP contribution < -0.4 is 20.1 Å². The molecule has 0 aliphatic carbocycles. The van der Waals surface area contributed by atoms with Crippen LogP contribution in [0.25, 0.3) is 0 Å². The van der Waals surface area contributed by atoms with Crippen LogP contribution in [0.4, 0.5) is 27.8 Å². The van der Waals surface area contributed by atoms with Crippen LogP contribution in [0.15, 0.2) is 41.2 Å². The zero-order valence-electron chi connectivity index (χ0n) is 22.1. The average Bonchev–Trinajstić information content (AvgIpc) is 2.91. The smallest absolute Gasteiger partial charge is 0.417 e. The maximum Gasteiger partial charge on any atom is 0.417 e. The topological polar surface area (TPSA) is 59.8 Å². The third kappa shape index (κ3) is 6.67. The van der Waals surface area contributed by atoms with Gasteiger partial charge in [-0.25, -0.2) is 13.6 Å². The first kappa shape index (κ1) is 29.6. The van der Waals surface area contributed by atoms with Gasteiger partial charge >= 0.3 is 11.9 Å². The summed E-state index contributed by atoms with van der Waals surface area (Å²) in [5.74, 6) is -3.02. The molecule has 216 valence electrons. The van der Waals surface area contributed by atoms with Crippen LogP contribution in [0.2, 0.25) is 5.02 Å². The number of benzene rings is 2. The highest BCUT2D eigenvalue weighted by Gasteiger charge is 2.34. The van der Waals surface area contributed by atoms with E-state index in [2.05, 4.69) is 28.8 Å². The van der Waals surface area contributed by atoms with E-state index >= 15 is 0 Å². The zero-order chi connectivity index (χ0) is 29.2. The van der Waals surface area contributed by atoms with Crippen molar-refractivity contribution >= 4 is 17.4 Å². The molecule has 13 heteroatoms. The zero-order valence-corrected chi connectivity index (χ0v) is 22.8. The number of hydrogen-bond donors (Lipinski definition) is 0. The fourth-order valence-electron chi connectivity index (χ4n) is 4.53. The van der Waals surface area contributed by atoms with E-state index in [4.69, 9.17) is 21.1 Å². The molecular formula is C27H28ClF5N4O3. The van der Waals surface area contributed by atoms with Gasteiger partial charge in [0, 0.05) is 32.2 Å². The van der Waals surface area contributed by atoms with Gasteiger partial charge in [-0.2, -0.15) is 18.2 Å². The van der Waals surface area contributed by atoms with Crippen LogP contribution >= 0.6 is 11.6 Å². The molecule has 4 rings (SSSR count). The number of nitrogens with zero attached hydrogens (tertiary/aromatic N) is 4. The summed E-state index contributed by atoms with van der Waals surface area (Å²) in [6, 6.07) is 6.47. The molecular weight excluding hydrogens is 559 g/mol. The van der Waals surface area contributed by atoms with Crippen LogP contribution in [-0.4, -0.2) is 47.2 Å². The minimum atomic E-state index is -4.77. The summed E-state index contributed by atoms with van der Waals surface area (Å²) in [4.78, 5) is 20.7. The van der Waals surface area contributed by atoms with Crippen molar-refractivity contribution in [2.75, 3.05) is 31.6 Å². The van der Waals surface area contributed by atoms with Gasteiger partial charge in [0.25, 0.3) is 0 Å². The maximum atomic E-state index is 14.7. The van der Waals surface area contributed by atoms with Crippen molar-refractivity contribution < 1.29 is 31.4 Å². The quantitative estimate of drug-likeness (QED) is 0.301. The van der Waals surface area contributed by atoms with Gasteiger partial charge < -0.3 is 19.3 Å². The fraction of sp³-hybridized carbons (Fsp3) is 0.407. The SMILES string of the molecule is CCN(C)C1CCN(c2cc(OCc3cc(F)c(Oc4ccc(Cl)c(C(F)(F)F)c4)c(F)c3)nc(=O)n2C)CC1. The van der Waals surface area contributed by atoms with E-state index in [9.17, 15) is 26.7 Å². The van der Waals surface area contributed by atoms with Gasteiger partial charge in [-0.1, -0.05) is 18.5 Å². The average molecular weight is 587 g/mol. The van der Waals surface area contributed by atoms with Gasteiger partial charge in [0.1, 0.15) is 18.2 Å². The van der Waals surface area contributed by atoms with E-state index in [1.165, 1.54) is 4.57 Å². The Labute approximate surface area is 232 Å². The number of piperidine rings is 1. The lowest BCUT2D eigenvalue weighted by Crippen LogP contribution is -2.44. The highest BCUT2D eigenvalue weighted by Crippen LogP contribution is 2.38. The first-order valence-corrected chi connectivity index (χ1v) is 12.9. The summed E-state index contributed by atoms with van der Waals surface area (Å²) in [6.45, 7) is 4.21. The van der Waals surface area contributed by atoms with Gasteiger partial charge in [-0.15, -0.1) is 0 Å². The van der Waals surface area contributed by atoms with Crippen molar-refractivity contribution in [2.45, 2.75) is 38.6 Å². The van der Waals surface area contributed by atoms with Gasteiger partial charge in [0.2, 0.25) is 5.88 Å². The third-order valence-electron chi connectivity index (χ3n) is 6.91. The van der Waals surface area contributed by atoms with Gasteiger partial charge in [-0.3, -0.25) is 4.57 Å². The number of aromatic nitrogens is 2. The lowest BCUT2D eigenvalue weighted by molar-refractivity contribution is -0.137. The van der Waals surface area contributed by atoms with Crippen molar-refractivity contribution in [1.29, 1.82) is 0 Å². The second-order valence-electron chi connectivity index (χ2n) is 9.50. The summed E-state index contributed by atoms with van der Waals surface area (Å²) in [7, 11) is 3.70. The number of ether oxygens (including phenoxy) is 2. The Morgan fingerprint density at radius 2 is 1.75 bits per heavy atom. The normalized spacial score (nSPS) is 14.6. The highest BCUT2D eigenvalue weighted by molar-refractivity contribution is 6.31. The lowest BCUT2D eigenvalue weighted by atomic mass is 10.0. The second-order valence-corrected chi connectivity index (χ2v) is 9.91. The van der Waals surface area contributed by atoms with Crippen molar-refractivity contribution in [1.82, 2.24) is 14.5 Å². The largest absolute Gasteiger partial charge is 0.473 e. The van der Waals surface area contributed by atoms with E-state index < -0.39 is 45.6 Å². The number of halogens is 6. The maximum absolute atomic E-state index is 14.7. The van der Waals surface area contributed by atoms with Crippen molar-refractivity contribution in [3.8, 4) is 17.4 Å². The Bertz CT molecular complexity index is 1400. The lowest BCUT2D eigenvalue weighted by Gasteiger charge is -2.37. The minimum absolute atomic E-state index is 0.00659. The van der Waals surface area contributed by atoms with E-state index in [0.717, 1.165) is 56.7 Å². The third-order valence-corrected chi connectivity index (χ3v) is 7.24. The first-order chi connectivity index (χ1) is 18.9. The monoisotopic (exact) mass is 586 g/mol. The molecule has 0 N–H and O–H groups in total. The number of rotatable bonds is 8. The molecule has 3 aromatic rings. The molecule has 1 fully saturated rings. The Balaban J connectivity index is 1.47. The van der Waals surface area contributed by atoms with E-state index in [1.54, 1.807) is 13.1 Å². The number of alkyl halides is 3. The van der Waals surface area contributed by atoms with Crippen molar-refractivity contribution in [3.63, 3.8) is 0 Å². The Morgan fingerprint density at radius 1 is 1.10 bits per heavy atom. The van der Waals surface area contributed by atoms with Crippen LogP contribution in [0.3, 0.4) is 0 Å². The molecule has 0 unspecified atom stereocenters.